The second-order valence-corrected chi connectivity index (χ2v) is 6.10. The van der Waals surface area contributed by atoms with Crippen LogP contribution in [-0.2, 0) is 9.47 Å². The van der Waals surface area contributed by atoms with Crippen molar-refractivity contribution in [3.8, 4) is 0 Å². The van der Waals surface area contributed by atoms with Crippen molar-refractivity contribution < 1.29 is 9.47 Å². The SMILES string of the molecule is CC1(C)C(N=C(N)N2CCOCC2)C2CCOC21. The molecule has 2 saturated heterocycles. The van der Waals surface area contributed by atoms with Gasteiger partial charge in [-0.2, -0.15) is 0 Å². The molecule has 1 aliphatic carbocycles. The van der Waals surface area contributed by atoms with E-state index in [-0.39, 0.29) is 5.41 Å². The number of hydrogen-bond donors (Lipinski definition) is 1. The quantitative estimate of drug-likeness (QED) is 0.544. The Morgan fingerprint density at radius 3 is 2.72 bits per heavy atom. The molecule has 3 atom stereocenters. The maximum atomic E-state index is 6.14. The molecule has 3 rings (SSSR count). The van der Waals surface area contributed by atoms with Crippen LogP contribution in [0.1, 0.15) is 20.3 Å². The molecule has 0 spiro atoms. The van der Waals surface area contributed by atoms with E-state index < -0.39 is 0 Å². The summed E-state index contributed by atoms with van der Waals surface area (Å²) in [5.74, 6) is 1.25. The van der Waals surface area contributed by atoms with Crippen molar-refractivity contribution in [1.29, 1.82) is 0 Å². The van der Waals surface area contributed by atoms with E-state index in [9.17, 15) is 0 Å². The van der Waals surface area contributed by atoms with Crippen molar-refractivity contribution >= 4 is 5.96 Å². The van der Waals surface area contributed by atoms with Gasteiger partial charge in [0.15, 0.2) is 5.96 Å². The molecule has 0 radical (unpaired) electrons. The van der Waals surface area contributed by atoms with Crippen LogP contribution in [0.4, 0.5) is 0 Å². The second-order valence-electron chi connectivity index (χ2n) is 6.10. The first-order valence-electron chi connectivity index (χ1n) is 6.88. The zero-order chi connectivity index (χ0) is 12.8. The number of guanidine groups is 1. The van der Waals surface area contributed by atoms with E-state index in [4.69, 9.17) is 20.2 Å². The summed E-state index contributed by atoms with van der Waals surface area (Å²) >= 11 is 0. The van der Waals surface area contributed by atoms with E-state index in [1.165, 1.54) is 0 Å². The lowest BCUT2D eigenvalue weighted by atomic mass is 9.57. The molecule has 0 aromatic heterocycles. The van der Waals surface area contributed by atoms with E-state index in [2.05, 4.69) is 18.7 Å². The first-order chi connectivity index (χ1) is 8.60. The Morgan fingerprint density at radius 2 is 2.00 bits per heavy atom. The molecule has 2 N–H and O–H groups in total. The number of nitrogens with two attached hydrogens (primary N) is 1. The first-order valence-corrected chi connectivity index (χ1v) is 6.88. The molecule has 5 nitrogen and oxygen atoms in total. The smallest absolute Gasteiger partial charge is 0.191 e. The molecular formula is C13H23N3O2. The summed E-state index contributed by atoms with van der Waals surface area (Å²) in [6, 6.07) is 0.313. The van der Waals surface area contributed by atoms with E-state index >= 15 is 0 Å². The number of rotatable bonds is 1. The van der Waals surface area contributed by atoms with Crippen LogP contribution in [0.25, 0.3) is 0 Å². The van der Waals surface area contributed by atoms with Crippen LogP contribution < -0.4 is 5.73 Å². The molecule has 1 saturated carbocycles. The third kappa shape index (κ3) is 1.80. The molecule has 0 aromatic rings. The molecule has 18 heavy (non-hydrogen) atoms. The van der Waals surface area contributed by atoms with Gasteiger partial charge in [-0.1, -0.05) is 13.8 Å². The largest absolute Gasteiger partial charge is 0.378 e. The molecule has 2 aliphatic heterocycles. The van der Waals surface area contributed by atoms with Gasteiger partial charge in [-0.25, -0.2) is 4.99 Å². The zero-order valence-electron chi connectivity index (χ0n) is 11.3. The van der Waals surface area contributed by atoms with Gasteiger partial charge >= 0.3 is 0 Å². The summed E-state index contributed by atoms with van der Waals surface area (Å²) in [5, 5.41) is 0. The molecule has 0 bridgehead atoms. The van der Waals surface area contributed by atoms with Gasteiger partial charge in [-0.05, 0) is 6.42 Å². The zero-order valence-corrected chi connectivity index (χ0v) is 11.3. The van der Waals surface area contributed by atoms with E-state index in [0.29, 0.717) is 24.0 Å². The van der Waals surface area contributed by atoms with Crippen LogP contribution >= 0.6 is 0 Å². The van der Waals surface area contributed by atoms with Gasteiger partial charge in [-0.3, -0.25) is 0 Å². The van der Waals surface area contributed by atoms with Crippen molar-refractivity contribution in [3.05, 3.63) is 0 Å². The van der Waals surface area contributed by atoms with Gasteiger partial charge in [-0.15, -0.1) is 0 Å². The molecule has 3 aliphatic rings. The van der Waals surface area contributed by atoms with Crippen LogP contribution in [-0.4, -0.2) is 55.9 Å². The highest BCUT2D eigenvalue weighted by atomic mass is 16.5. The fraction of sp³-hybridized carbons (Fsp3) is 0.923. The minimum absolute atomic E-state index is 0.123. The van der Waals surface area contributed by atoms with Crippen LogP contribution in [0.2, 0.25) is 0 Å². The molecule has 0 aromatic carbocycles. The summed E-state index contributed by atoms with van der Waals surface area (Å²) < 4.78 is 11.1. The molecule has 2 heterocycles. The maximum absolute atomic E-state index is 6.14. The minimum atomic E-state index is 0.123. The highest BCUT2D eigenvalue weighted by Gasteiger charge is 2.59. The lowest BCUT2D eigenvalue weighted by molar-refractivity contribution is -0.0989. The normalized spacial score (nSPS) is 39.3. The number of morpholine rings is 1. The molecule has 3 unspecified atom stereocenters. The Hall–Kier alpha value is -0.810. The number of hydrogen-bond acceptors (Lipinski definition) is 3. The predicted molar refractivity (Wildman–Crippen MR) is 69.4 cm³/mol. The van der Waals surface area contributed by atoms with E-state index in [1.807, 2.05) is 0 Å². The summed E-state index contributed by atoms with van der Waals surface area (Å²) in [6.45, 7) is 8.56. The Balaban J connectivity index is 1.71. The number of nitrogens with zero attached hydrogens (tertiary/aromatic N) is 2. The monoisotopic (exact) mass is 253 g/mol. The molecule has 0 amide bonds. The Kier molecular flexibility index (Phi) is 2.98. The standard InChI is InChI=1S/C13H23N3O2/c1-13(2)10(9-3-6-18-11(9)13)15-12(14)16-4-7-17-8-5-16/h9-11H,3-8H2,1-2H3,(H2,14,15). The van der Waals surface area contributed by atoms with E-state index in [0.717, 1.165) is 39.3 Å². The van der Waals surface area contributed by atoms with Crippen LogP contribution in [0.3, 0.4) is 0 Å². The van der Waals surface area contributed by atoms with Crippen LogP contribution in [0, 0.1) is 11.3 Å². The van der Waals surface area contributed by atoms with E-state index in [1.54, 1.807) is 0 Å². The highest BCUT2D eigenvalue weighted by Crippen LogP contribution is 2.53. The van der Waals surface area contributed by atoms with Gasteiger partial charge in [0.1, 0.15) is 0 Å². The second kappa shape index (κ2) is 4.38. The van der Waals surface area contributed by atoms with Crippen molar-refractivity contribution in [2.24, 2.45) is 22.1 Å². The third-order valence-corrected chi connectivity index (χ3v) is 4.65. The fourth-order valence-electron chi connectivity index (χ4n) is 3.58. The van der Waals surface area contributed by atoms with Crippen molar-refractivity contribution in [2.75, 3.05) is 32.9 Å². The average Bonchev–Trinajstić information content (AvgIpc) is 2.83. The maximum Gasteiger partial charge on any atom is 0.191 e. The predicted octanol–water partition coefficient (Wildman–Crippen LogP) is 0.447. The van der Waals surface area contributed by atoms with Gasteiger partial charge < -0.3 is 20.1 Å². The fourth-order valence-corrected chi connectivity index (χ4v) is 3.58. The molecular weight excluding hydrogens is 230 g/mol. The summed E-state index contributed by atoms with van der Waals surface area (Å²) in [6.07, 6.45) is 1.50. The third-order valence-electron chi connectivity index (χ3n) is 4.65. The summed E-state index contributed by atoms with van der Waals surface area (Å²) in [4.78, 5) is 6.91. The number of ether oxygens (including phenoxy) is 2. The number of fused-ring (bicyclic) bond motifs is 1. The lowest BCUT2D eigenvalue weighted by Gasteiger charge is -2.52. The molecule has 102 valence electrons. The lowest BCUT2D eigenvalue weighted by Crippen LogP contribution is -2.60. The highest BCUT2D eigenvalue weighted by molar-refractivity contribution is 5.78. The van der Waals surface area contributed by atoms with Crippen LogP contribution in [0.5, 0.6) is 0 Å². The molecule has 5 heteroatoms. The topological polar surface area (TPSA) is 60.1 Å². The van der Waals surface area contributed by atoms with Crippen molar-refractivity contribution in [2.45, 2.75) is 32.4 Å². The van der Waals surface area contributed by atoms with Crippen molar-refractivity contribution in [3.63, 3.8) is 0 Å². The van der Waals surface area contributed by atoms with Crippen molar-refractivity contribution in [1.82, 2.24) is 4.90 Å². The average molecular weight is 253 g/mol. The van der Waals surface area contributed by atoms with Crippen LogP contribution in [0.15, 0.2) is 4.99 Å². The molecule has 3 fully saturated rings. The van der Waals surface area contributed by atoms with Gasteiger partial charge in [0, 0.05) is 31.0 Å². The minimum Gasteiger partial charge on any atom is -0.378 e. The Bertz CT molecular complexity index is 350. The number of aliphatic imine (C=N–C) groups is 1. The summed E-state index contributed by atoms with van der Waals surface area (Å²) in [7, 11) is 0. The Labute approximate surface area is 108 Å². The van der Waals surface area contributed by atoms with Gasteiger partial charge in [0.05, 0.1) is 25.4 Å². The Morgan fingerprint density at radius 1 is 1.28 bits per heavy atom. The first kappa shape index (κ1) is 12.2. The summed E-state index contributed by atoms with van der Waals surface area (Å²) in [5.41, 5.74) is 6.27. The van der Waals surface area contributed by atoms with Gasteiger partial charge in [0.2, 0.25) is 0 Å². The van der Waals surface area contributed by atoms with Gasteiger partial charge in [0.25, 0.3) is 0 Å².